The highest BCUT2D eigenvalue weighted by Crippen LogP contribution is 2.36. The first-order chi connectivity index (χ1) is 12.3. The third-order valence-corrected chi connectivity index (χ3v) is 5.40. The molecule has 1 N–H and O–H groups in total. The Bertz CT molecular complexity index is 975. The average molecular weight is 328 g/mol. The lowest BCUT2D eigenvalue weighted by Crippen LogP contribution is -2.09. The zero-order valence-corrected chi connectivity index (χ0v) is 14.0. The quantitative estimate of drug-likeness (QED) is 0.691. The molecular weight excluding hydrogens is 308 g/mol. The molecule has 0 amide bonds. The number of nitrogens with one attached hydrogen (secondary N) is 1. The highest BCUT2D eigenvalue weighted by atomic mass is 16.1. The van der Waals surface area contributed by atoms with Crippen molar-refractivity contribution in [1.29, 1.82) is 0 Å². The number of benzene rings is 2. The number of pyridine rings is 1. The van der Waals surface area contributed by atoms with Crippen LogP contribution in [0.25, 0.3) is 10.9 Å². The van der Waals surface area contributed by atoms with Gasteiger partial charge in [0.2, 0.25) is 0 Å². The number of nitrogens with zero attached hydrogens (tertiary/aromatic N) is 1. The highest BCUT2D eigenvalue weighted by molar-refractivity contribution is 6.09. The van der Waals surface area contributed by atoms with E-state index < -0.39 is 0 Å². The topological polar surface area (TPSA) is 42.0 Å². The van der Waals surface area contributed by atoms with E-state index in [-0.39, 0.29) is 11.7 Å². The number of carbonyl (C=O) groups excluding carboxylic acids is 1. The van der Waals surface area contributed by atoms with Crippen LogP contribution in [-0.4, -0.2) is 10.8 Å². The van der Waals surface area contributed by atoms with E-state index in [0.717, 1.165) is 48.0 Å². The van der Waals surface area contributed by atoms with Crippen molar-refractivity contribution in [3.8, 4) is 0 Å². The molecule has 1 atom stereocenters. The normalized spacial score (nSPS) is 19.0. The third kappa shape index (κ3) is 2.60. The molecule has 0 saturated heterocycles. The molecule has 1 heterocycles. The van der Waals surface area contributed by atoms with E-state index in [9.17, 15) is 4.79 Å². The Labute approximate surface area is 147 Å². The van der Waals surface area contributed by atoms with Crippen LogP contribution in [0.3, 0.4) is 0 Å². The molecule has 0 bridgehead atoms. The summed E-state index contributed by atoms with van der Waals surface area (Å²) in [6.07, 6.45) is 4.27. The van der Waals surface area contributed by atoms with Gasteiger partial charge in [0, 0.05) is 16.9 Å². The van der Waals surface area contributed by atoms with Crippen molar-refractivity contribution < 1.29 is 4.79 Å². The fourth-order valence-corrected chi connectivity index (χ4v) is 3.90. The first kappa shape index (κ1) is 14.6. The number of ketones is 1. The minimum atomic E-state index is 0.235. The zero-order chi connectivity index (χ0) is 16.8. The Balaban J connectivity index is 1.46. The number of fused-ring (bicyclic) bond motifs is 2. The van der Waals surface area contributed by atoms with Crippen LogP contribution in [0.4, 0.5) is 5.82 Å². The summed E-state index contributed by atoms with van der Waals surface area (Å²) in [5.41, 5.74) is 4.52. The van der Waals surface area contributed by atoms with E-state index in [2.05, 4.69) is 29.6 Å². The van der Waals surface area contributed by atoms with Gasteiger partial charge in [-0.2, -0.15) is 0 Å². The van der Waals surface area contributed by atoms with E-state index in [4.69, 9.17) is 4.98 Å². The molecule has 3 aromatic rings. The van der Waals surface area contributed by atoms with Crippen molar-refractivity contribution in [1.82, 2.24) is 4.98 Å². The fourth-order valence-electron chi connectivity index (χ4n) is 3.90. The second-order valence-corrected chi connectivity index (χ2v) is 7.14. The van der Waals surface area contributed by atoms with Crippen molar-refractivity contribution in [3.63, 3.8) is 0 Å². The summed E-state index contributed by atoms with van der Waals surface area (Å²) >= 11 is 0. The van der Waals surface area contributed by atoms with Crippen molar-refractivity contribution in [2.45, 2.75) is 31.7 Å². The molecule has 1 fully saturated rings. The van der Waals surface area contributed by atoms with Crippen molar-refractivity contribution >= 4 is 22.5 Å². The number of aromatic nitrogens is 1. The Kier molecular flexibility index (Phi) is 3.34. The molecule has 2 aliphatic carbocycles. The molecule has 3 nitrogen and oxygen atoms in total. The van der Waals surface area contributed by atoms with Gasteiger partial charge in [-0.05, 0) is 55.0 Å². The molecule has 124 valence electrons. The Morgan fingerprint density at radius 2 is 1.84 bits per heavy atom. The second kappa shape index (κ2) is 5.69. The van der Waals surface area contributed by atoms with E-state index in [0.29, 0.717) is 6.04 Å². The van der Waals surface area contributed by atoms with Crippen LogP contribution in [-0.2, 0) is 6.42 Å². The average Bonchev–Trinajstić information content (AvgIpc) is 3.43. The van der Waals surface area contributed by atoms with Gasteiger partial charge in [0.05, 0.1) is 11.6 Å². The number of hydrogen-bond acceptors (Lipinski definition) is 3. The van der Waals surface area contributed by atoms with Gasteiger partial charge in [0.1, 0.15) is 5.82 Å². The summed E-state index contributed by atoms with van der Waals surface area (Å²) in [6, 6.07) is 18.9. The van der Waals surface area contributed by atoms with Gasteiger partial charge in [0.15, 0.2) is 5.78 Å². The maximum Gasteiger partial charge on any atom is 0.166 e. The smallest absolute Gasteiger partial charge is 0.166 e. The SMILES string of the molecule is O=C(c1cccc2nc(NC3CCc4ccccc43)ccc12)C1CC1. The van der Waals surface area contributed by atoms with E-state index in [1.807, 2.05) is 30.3 Å². The minimum absolute atomic E-state index is 0.235. The molecule has 2 aliphatic rings. The molecule has 0 spiro atoms. The molecule has 5 rings (SSSR count). The zero-order valence-electron chi connectivity index (χ0n) is 14.0. The largest absolute Gasteiger partial charge is 0.363 e. The van der Waals surface area contributed by atoms with Crippen LogP contribution in [0.2, 0.25) is 0 Å². The highest BCUT2D eigenvalue weighted by Gasteiger charge is 2.31. The van der Waals surface area contributed by atoms with Gasteiger partial charge in [-0.1, -0.05) is 36.4 Å². The Hall–Kier alpha value is -2.68. The van der Waals surface area contributed by atoms with Crippen molar-refractivity contribution in [2.75, 3.05) is 5.32 Å². The summed E-state index contributed by atoms with van der Waals surface area (Å²) in [5, 5.41) is 4.55. The second-order valence-electron chi connectivity index (χ2n) is 7.14. The maximum absolute atomic E-state index is 12.5. The number of hydrogen-bond donors (Lipinski definition) is 1. The Morgan fingerprint density at radius 1 is 0.960 bits per heavy atom. The van der Waals surface area contributed by atoms with Gasteiger partial charge in [-0.25, -0.2) is 4.98 Å². The number of rotatable bonds is 4. The minimum Gasteiger partial charge on any atom is -0.363 e. The molecule has 1 saturated carbocycles. The number of aryl methyl sites for hydroxylation is 1. The molecule has 1 unspecified atom stereocenters. The lowest BCUT2D eigenvalue weighted by Gasteiger charge is -2.15. The molecule has 1 aromatic heterocycles. The molecular formula is C22H20N2O. The monoisotopic (exact) mass is 328 g/mol. The molecule has 25 heavy (non-hydrogen) atoms. The van der Waals surface area contributed by atoms with Gasteiger partial charge >= 0.3 is 0 Å². The van der Waals surface area contributed by atoms with Gasteiger partial charge < -0.3 is 5.32 Å². The number of carbonyl (C=O) groups is 1. The van der Waals surface area contributed by atoms with E-state index >= 15 is 0 Å². The standard InChI is InChI=1S/C22H20N2O/c25-22(15-8-9-15)18-6-3-7-19-17(18)11-13-21(23-19)24-20-12-10-14-4-1-2-5-16(14)20/h1-7,11,13,15,20H,8-10,12H2,(H,23,24). The van der Waals surface area contributed by atoms with E-state index in [1.54, 1.807) is 0 Å². The third-order valence-electron chi connectivity index (χ3n) is 5.40. The lowest BCUT2D eigenvalue weighted by molar-refractivity contribution is 0.0969. The summed E-state index contributed by atoms with van der Waals surface area (Å²) in [6.45, 7) is 0. The Morgan fingerprint density at radius 3 is 2.72 bits per heavy atom. The van der Waals surface area contributed by atoms with Crippen molar-refractivity contribution in [3.05, 3.63) is 71.3 Å². The maximum atomic E-state index is 12.5. The van der Waals surface area contributed by atoms with Gasteiger partial charge in [0.25, 0.3) is 0 Å². The van der Waals surface area contributed by atoms with Crippen LogP contribution in [0.1, 0.15) is 46.8 Å². The van der Waals surface area contributed by atoms with Crippen LogP contribution in [0.5, 0.6) is 0 Å². The molecule has 2 aromatic carbocycles. The first-order valence-corrected chi connectivity index (χ1v) is 9.08. The molecule has 3 heteroatoms. The summed E-state index contributed by atoms with van der Waals surface area (Å²) in [4.78, 5) is 17.2. The van der Waals surface area contributed by atoms with Crippen LogP contribution < -0.4 is 5.32 Å². The van der Waals surface area contributed by atoms with Crippen LogP contribution >= 0.6 is 0 Å². The number of Topliss-reactive ketones (excluding diaryl/α,β-unsaturated/α-hetero) is 1. The molecule has 0 radical (unpaired) electrons. The fraction of sp³-hybridized carbons (Fsp3) is 0.273. The summed E-state index contributed by atoms with van der Waals surface area (Å²) in [5.74, 6) is 1.39. The predicted molar refractivity (Wildman–Crippen MR) is 99.9 cm³/mol. The lowest BCUT2D eigenvalue weighted by atomic mass is 10.0. The van der Waals surface area contributed by atoms with Crippen molar-refractivity contribution in [2.24, 2.45) is 5.92 Å². The van der Waals surface area contributed by atoms with Crippen LogP contribution in [0, 0.1) is 5.92 Å². The van der Waals surface area contributed by atoms with Gasteiger partial charge in [-0.15, -0.1) is 0 Å². The summed E-state index contributed by atoms with van der Waals surface area (Å²) in [7, 11) is 0. The van der Waals surface area contributed by atoms with Gasteiger partial charge in [-0.3, -0.25) is 4.79 Å². The van der Waals surface area contributed by atoms with E-state index in [1.165, 1.54) is 11.1 Å². The molecule has 0 aliphatic heterocycles. The first-order valence-electron chi connectivity index (χ1n) is 9.08. The van der Waals surface area contributed by atoms with Crippen LogP contribution in [0.15, 0.2) is 54.6 Å². The predicted octanol–water partition coefficient (Wildman–Crippen LogP) is 4.93. The summed E-state index contributed by atoms with van der Waals surface area (Å²) < 4.78 is 0. The number of anilines is 1.